The van der Waals surface area contributed by atoms with Crippen LogP contribution in [-0.2, 0) is 10.0 Å². The summed E-state index contributed by atoms with van der Waals surface area (Å²) >= 11 is 0. The van der Waals surface area contributed by atoms with Crippen LogP contribution in [0.15, 0.2) is 0 Å². The van der Waals surface area contributed by atoms with Gasteiger partial charge in [0.2, 0.25) is 10.0 Å². The van der Waals surface area contributed by atoms with Crippen LogP contribution in [0, 0.1) is 11.3 Å². The highest BCUT2D eigenvalue weighted by Crippen LogP contribution is 2.30. The van der Waals surface area contributed by atoms with Crippen molar-refractivity contribution in [1.82, 2.24) is 4.31 Å². The second-order valence-electron chi connectivity index (χ2n) is 5.66. The van der Waals surface area contributed by atoms with E-state index in [9.17, 15) is 13.5 Å². The number of rotatable bonds is 4. The van der Waals surface area contributed by atoms with Crippen molar-refractivity contribution < 1.29 is 13.5 Å². The molecule has 1 aliphatic rings. The van der Waals surface area contributed by atoms with Gasteiger partial charge in [0.1, 0.15) is 0 Å². The molecule has 1 heterocycles. The monoisotopic (exact) mass is 249 g/mol. The third kappa shape index (κ3) is 4.03. The summed E-state index contributed by atoms with van der Waals surface area (Å²) in [7, 11) is -3.05. The number of piperidine rings is 1. The zero-order valence-corrected chi connectivity index (χ0v) is 11.3. The zero-order valence-electron chi connectivity index (χ0n) is 10.4. The molecule has 0 aromatic heterocycles. The quantitative estimate of drug-likeness (QED) is 0.810. The van der Waals surface area contributed by atoms with Gasteiger partial charge < -0.3 is 5.11 Å². The number of sulfonamides is 1. The summed E-state index contributed by atoms with van der Waals surface area (Å²) in [5.74, 6) is 0.380. The molecular weight excluding hydrogens is 226 g/mol. The molecule has 0 aromatic carbocycles. The van der Waals surface area contributed by atoms with Gasteiger partial charge in [0.15, 0.2) is 0 Å². The smallest absolute Gasteiger partial charge is 0.211 e. The van der Waals surface area contributed by atoms with Crippen LogP contribution in [0.5, 0.6) is 0 Å². The molecule has 1 saturated heterocycles. The van der Waals surface area contributed by atoms with Crippen LogP contribution < -0.4 is 0 Å². The topological polar surface area (TPSA) is 57.6 Å². The molecule has 0 saturated carbocycles. The number of hydrogen-bond donors (Lipinski definition) is 1. The highest BCUT2D eigenvalue weighted by atomic mass is 32.2. The Labute approximate surface area is 98.7 Å². The molecule has 0 spiro atoms. The van der Waals surface area contributed by atoms with Crippen molar-refractivity contribution in [3.8, 4) is 0 Å². The standard InChI is InChI=1S/C11H23NO3S/c1-11(2,9-13)7-10-5-4-6-12(8-10)16(3,14)15/h10,13H,4-9H2,1-3H3. The molecule has 1 fully saturated rings. The van der Waals surface area contributed by atoms with Crippen LogP contribution in [0.4, 0.5) is 0 Å². The average Bonchev–Trinajstić information content (AvgIpc) is 2.16. The van der Waals surface area contributed by atoms with Crippen LogP contribution in [0.2, 0.25) is 0 Å². The lowest BCUT2D eigenvalue weighted by Gasteiger charge is -2.35. The molecule has 1 rings (SSSR count). The molecule has 0 radical (unpaired) electrons. The van der Waals surface area contributed by atoms with Crippen molar-refractivity contribution in [1.29, 1.82) is 0 Å². The summed E-state index contributed by atoms with van der Waals surface area (Å²) in [6, 6.07) is 0. The van der Waals surface area contributed by atoms with Gasteiger partial charge in [0, 0.05) is 19.7 Å². The van der Waals surface area contributed by atoms with E-state index in [2.05, 4.69) is 0 Å². The Morgan fingerprint density at radius 1 is 1.44 bits per heavy atom. The maximum atomic E-state index is 11.4. The van der Waals surface area contributed by atoms with Crippen LogP contribution in [0.3, 0.4) is 0 Å². The minimum absolute atomic E-state index is 0.106. The third-order valence-corrected chi connectivity index (χ3v) is 4.49. The lowest BCUT2D eigenvalue weighted by Crippen LogP contribution is -2.40. The van der Waals surface area contributed by atoms with Crippen molar-refractivity contribution in [2.45, 2.75) is 33.1 Å². The summed E-state index contributed by atoms with van der Waals surface area (Å²) in [6.07, 6.45) is 4.15. The lowest BCUT2D eigenvalue weighted by atomic mass is 9.80. The molecule has 1 N–H and O–H groups in total. The molecule has 0 bridgehead atoms. The first kappa shape index (κ1) is 13.9. The van der Waals surface area contributed by atoms with Gasteiger partial charge in [0.25, 0.3) is 0 Å². The second kappa shape index (κ2) is 5.02. The van der Waals surface area contributed by atoms with Gasteiger partial charge in [-0.15, -0.1) is 0 Å². The van der Waals surface area contributed by atoms with Crippen molar-refractivity contribution in [2.24, 2.45) is 11.3 Å². The van der Waals surface area contributed by atoms with Crippen molar-refractivity contribution >= 4 is 10.0 Å². The summed E-state index contributed by atoms with van der Waals surface area (Å²) in [4.78, 5) is 0. The number of aliphatic hydroxyl groups excluding tert-OH is 1. The van der Waals surface area contributed by atoms with Crippen molar-refractivity contribution in [2.75, 3.05) is 26.0 Å². The molecule has 0 aliphatic carbocycles. The fourth-order valence-electron chi connectivity index (χ4n) is 2.34. The molecule has 5 heteroatoms. The van der Waals surface area contributed by atoms with Gasteiger partial charge in [0.05, 0.1) is 6.26 Å². The summed E-state index contributed by atoms with van der Waals surface area (Å²) in [6.45, 7) is 5.46. The fraction of sp³-hybridized carbons (Fsp3) is 1.00. The van der Waals surface area contributed by atoms with Gasteiger partial charge in [-0.1, -0.05) is 13.8 Å². The Bertz CT molecular complexity index is 324. The first-order chi connectivity index (χ1) is 7.24. The van der Waals surface area contributed by atoms with E-state index in [-0.39, 0.29) is 12.0 Å². The Kier molecular flexibility index (Phi) is 4.37. The summed E-state index contributed by atoms with van der Waals surface area (Å²) < 4.78 is 24.5. The number of nitrogens with zero attached hydrogens (tertiary/aromatic N) is 1. The van der Waals surface area contributed by atoms with E-state index >= 15 is 0 Å². The average molecular weight is 249 g/mol. The minimum Gasteiger partial charge on any atom is -0.396 e. The fourth-order valence-corrected chi connectivity index (χ4v) is 3.28. The summed E-state index contributed by atoms with van der Waals surface area (Å²) in [5, 5.41) is 9.22. The maximum Gasteiger partial charge on any atom is 0.211 e. The van der Waals surface area contributed by atoms with Gasteiger partial charge in [-0.3, -0.25) is 0 Å². The van der Waals surface area contributed by atoms with E-state index in [4.69, 9.17) is 0 Å². The first-order valence-electron chi connectivity index (χ1n) is 5.80. The molecule has 96 valence electrons. The van der Waals surface area contributed by atoms with Gasteiger partial charge >= 0.3 is 0 Å². The molecule has 16 heavy (non-hydrogen) atoms. The molecule has 4 nitrogen and oxygen atoms in total. The molecule has 1 aliphatic heterocycles. The van der Waals surface area contributed by atoms with Gasteiger partial charge in [-0.05, 0) is 30.6 Å². The zero-order chi connectivity index (χ0) is 12.4. The first-order valence-corrected chi connectivity index (χ1v) is 7.65. The number of aliphatic hydroxyl groups is 1. The molecule has 1 atom stereocenters. The van der Waals surface area contributed by atoms with Gasteiger partial charge in [-0.25, -0.2) is 12.7 Å². The van der Waals surface area contributed by atoms with Crippen molar-refractivity contribution in [3.63, 3.8) is 0 Å². The van der Waals surface area contributed by atoms with E-state index in [1.165, 1.54) is 6.26 Å². The Hall–Kier alpha value is -0.130. The van der Waals surface area contributed by atoms with Gasteiger partial charge in [-0.2, -0.15) is 0 Å². The minimum atomic E-state index is -3.05. The van der Waals surface area contributed by atoms with E-state index in [1.54, 1.807) is 4.31 Å². The summed E-state index contributed by atoms with van der Waals surface area (Å²) in [5.41, 5.74) is -0.106. The molecule has 0 amide bonds. The highest BCUT2D eigenvalue weighted by molar-refractivity contribution is 7.88. The van der Waals surface area contributed by atoms with Crippen LogP contribution in [0.25, 0.3) is 0 Å². The van der Waals surface area contributed by atoms with Crippen LogP contribution in [0.1, 0.15) is 33.1 Å². The van der Waals surface area contributed by atoms with Crippen molar-refractivity contribution in [3.05, 3.63) is 0 Å². The molecule has 1 unspecified atom stereocenters. The third-order valence-electron chi connectivity index (χ3n) is 3.22. The molecular formula is C11H23NO3S. The normalized spacial score (nSPS) is 24.6. The Balaban J connectivity index is 2.58. The Morgan fingerprint density at radius 3 is 2.56 bits per heavy atom. The van der Waals surface area contributed by atoms with E-state index < -0.39 is 10.0 Å². The van der Waals surface area contributed by atoms with E-state index in [0.29, 0.717) is 19.0 Å². The predicted molar refractivity (Wildman–Crippen MR) is 64.6 cm³/mol. The SMILES string of the molecule is CC(C)(CO)CC1CCCN(S(C)(=O)=O)C1. The largest absolute Gasteiger partial charge is 0.396 e. The predicted octanol–water partition coefficient (Wildman–Crippen LogP) is 1.07. The second-order valence-corrected chi connectivity index (χ2v) is 7.64. The van der Waals surface area contributed by atoms with Crippen LogP contribution >= 0.6 is 0 Å². The van der Waals surface area contributed by atoms with E-state index in [0.717, 1.165) is 19.3 Å². The lowest BCUT2D eigenvalue weighted by molar-refractivity contribution is 0.112. The highest BCUT2D eigenvalue weighted by Gasteiger charge is 2.29. The molecule has 0 aromatic rings. The number of hydrogen-bond acceptors (Lipinski definition) is 3. The Morgan fingerprint density at radius 2 is 2.06 bits per heavy atom. The maximum absolute atomic E-state index is 11.4. The van der Waals surface area contributed by atoms with Crippen LogP contribution in [-0.4, -0.2) is 43.8 Å². The van der Waals surface area contributed by atoms with E-state index in [1.807, 2.05) is 13.8 Å².